The lowest BCUT2D eigenvalue weighted by Gasteiger charge is -2.05. The van der Waals surface area contributed by atoms with Crippen molar-refractivity contribution in [3.05, 3.63) is 66.2 Å². The third-order valence-corrected chi connectivity index (χ3v) is 3.84. The second-order valence-corrected chi connectivity index (χ2v) is 5.73. The Kier molecular flexibility index (Phi) is 6.53. The van der Waals surface area contributed by atoms with E-state index in [2.05, 4.69) is 9.97 Å². The highest BCUT2D eigenvalue weighted by atomic mass is 16.2. The Bertz CT molecular complexity index is 801. The number of aromatic amines is 2. The number of H-pyrrole nitrogens is 2. The summed E-state index contributed by atoms with van der Waals surface area (Å²) in [7, 11) is 0. The molecule has 0 aliphatic heterocycles. The summed E-state index contributed by atoms with van der Waals surface area (Å²) < 4.78 is 3.01. The predicted molar refractivity (Wildman–Crippen MR) is 90.3 cm³/mol. The number of nitrogens with one attached hydrogen (secondary N) is 2. The minimum atomic E-state index is -0.377. The van der Waals surface area contributed by atoms with Crippen LogP contribution in [0.15, 0.2) is 43.7 Å². The summed E-state index contributed by atoms with van der Waals surface area (Å²) in [6.07, 6.45) is 8.91. The van der Waals surface area contributed by atoms with E-state index in [0.717, 1.165) is 38.5 Å². The first-order chi connectivity index (χ1) is 11.6. The number of unbranched alkanes of at least 4 members (excludes halogenated alkanes) is 5. The third kappa shape index (κ3) is 5.53. The van der Waals surface area contributed by atoms with Gasteiger partial charge >= 0.3 is 11.4 Å². The summed E-state index contributed by atoms with van der Waals surface area (Å²) in [6, 6.07) is 2.69. The normalized spacial score (nSPS) is 10.8. The number of aryl methyl sites for hydroxylation is 2. The molecule has 2 rings (SSSR count). The maximum Gasteiger partial charge on any atom is 0.328 e. The standard InChI is InChI=1S/C16H22N4O4/c21-13-7-11-19(15(23)17-13)9-5-3-1-2-4-6-10-20-12-8-14(22)18-16(20)24/h7-8,11-12H,1-6,9-10H2,(H,17,21,23)(H,18,22,24). The van der Waals surface area contributed by atoms with Crippen LogP contribution in [0, 0.1) is 0 Å². The van der Waals surface area contributed by atoms with E-state index < -0.39 is 0 Å². The number of rotatable bonds is 9. The number of aromatic nitrogens is 4. The van der Waals surface area contributed by atoms with E-state index in [1.807, 2.05) is 0 Å². The highest BCUT2D eigenvalue weighted by Crippen LogP contribution is 2.06. The molecule has 2 N–H and O–H groups in total. The number of hydrogen-bond donors (Lipinski definition) is 2. The summed E-state index contributed by atoms with van der Waals surface area (Å²) in [6.45, 7) is 1.20. The number of nitrogens with zero attached hydrogens (tertiary/aromatic N) is 2. The van der Waals surface area contributed by atoms with Crippen molar-refractivity contribution in [2.75, 3.05) is 0 Å². The fraction of sp³-hybridized carbons (Fsp3) is 0.500. The van der Waals surface area contributed by atoms with Gasteiger partial charge in [-0.05, 0) is 12.8 Å². The van der Waals surface area contributed by atoms with Gasteiger partial charge in [-0.25, -0.2) is 9.59 Å². The second kappa shape index (κ2) is 8.85. The fourth-order valence-electron chi connectivity index (χ4n) is 2.51. The molecule has 0 aliphatic rings. The lowest BCUT2D eigenvalue weighted by Crippen LogP contribution is -2.28. The molecule has 2 aromatic rings. The van der Waals surface area contributed by atoms with Crippen molar-refractivity contribution in [1.29, 1.82) is 0 Å². The molecule has 0 saturated heterocycles. The van der Waals surface area contributed by atoms with Gasteiger partial charge < -0.3 is 9.13 Å². The van der Waals surface area contributed by atoms with Crippen LogP contribution in [0.4, 0.5) is 0 Å². The smallest absolute Gasteiger partial charge is 0.301 e. The minimum absolute atomic E-state index is 0.367. The first-order valence-electron chi connectivity index (χ1n) is 8.16. The van der Waals surface area contributed by atoms with Crippen LogP contribution in [0.3, 0.4) is 0 Å². The van der Waals surface area contributed by atoms with Crippen molar-refractivity contribution in [1.82, 2.24) is 19.1 Å². The quantitative estimate of drug-likeness (QED) is 0.648. The molecular weight excluding hydrogens is 312 g/mol. The maximum atomic E-state index is 11.5. The molecule has 0 radical (unpaired) electrons. The van der Waals surface area contributed by atoms with E-state index in [9.17, 15) is 19.2 Å². The molecule has 0 atom stereocenters. The van der Waals surface area contributed by atoms with E-state index in [-0.39, 0.29) is 22.5 Å². The van der Waals surface area contributed by atoms with Crippen LogP contribution >= 0.6 is 0 Å². The predicted octanol–water partition coefficient (Wildman–Crippen LogP) is 0.427. The molecule has 0 bridgehead atoms. The highest BCUT2D eigenvalue weighted by Gasteiger charge is 1.98. The van der Waals surface area contributed by atoms with Crippen LogP contribution < -0.4 is 22.5 Å². The second-order valence-electron chi connectivity index (χ2n) is 5.73. The molecule has 8 nitrogen and oxygen atoms in total. The maximum absolute atomic E-state index is 11.5. The molecule has 0 saturated carbocycles. The van der Waals surface area contributed by atoms with Gasteiger partial charge in [-0.2, -0.15) is 0 Å². The van der Waals surface area contributed by atoms with Gasteiger partial charge in [-0.15, -0.1) is 0 Å². The molecule has 0 fully saturated rings. The topological polar surface area (TPSA) is 110 Å². The molecule has 130 valence electrons. The molecule has 2 heterocycles. The summed E-state index contributed by atoms with van der Waals surface area (Å²) in [5.74, 6) is 0. The Labute approximate surface area is 137 Å². The van der Waals surface area contributed by atoms with Gasteiger partial charge in [0.2, 0.25) is 0 Å². The van der Waals surface area contributed by atoms with Crippen LogP contribution in [0.5, 0.6) is 0 Å². The lowest BCUT2D eigenvalue weighted by atomic mass is 10.1. The van der Waals surface area contributed by atoms with Crippen molar-refractivity contribution in [3.63, 3.8) is 0 Å². The van der Waals surface area contributed by atoms with Gasteiger partial charge in [0.15, 0.2) is 0 Å². The van der Waals surface area contributed by atoms with Gasteiger partial charge in [0.1, 0.15) is 0 Å². The zero-order chi connectivity index (χ0) is 17.4. The Hall–Kier alpha value is -2.64. The van der Waals surface area contributed by atoms with Gasteiger partial charge in [0.25, 0.3) is 11.1 Å². The van der Waals surface area contributed by atoms with E-state index in [1.54, 1.807) is 0 Å². The van der Waals surface area contributed by atoms with E-state index in [0.29, 0.717) is 13.1 Å². The molecule has 24 heavy (non-hydrogen) atoms. The van der Waals surface area contributed by atoms with E-state index in [4.69, 9.17) is 0 Å². The first kappa shape index (κ1) is 17.7. The average Bonchev–Trinajstić information content (AvgIpc) is 2.53. The van der Waals surface area contributed by atoms with Crippen LogP contribution in [0.2, 0.25) is 0 Å². The Morgan fingerprint density at radius 2 is 1.00 bits per heavy atom. The van der Waals surface area contributed by atoms with Gasteiger partial charge in [0.05, 0.1) is 0 Å². The molecular formula is C16H22N4O4. The van der Waals surface area contributed by atoms with Gasteiger partial charge in [0, 0.05) is 37.6 Å². The monoisotopic (exact) mass is 334 g/mol. The van der Waals surface area contributed by atoms with Crippen LogP contribution in [0.25, 0.3) is 0 Å². The average molecular weight is 334 g/mol. The largest absolute Gasteiger partial charge is 0.328 e. The Morgan fingerprint density at radius 1 is 0.625 bits per heavy atom. The highest BCUT2D eigenvalue weighted by molar-refractivity contribution is 4.83. The van der Waals surface area contributed by atoms with Crippen molar-refractivity contribution >= 4 is 0 Å². The zero-order valence-electron chi connectivity index (χ0n) is 13.5. The molecule has 0 aliphatic carbocycles. The zero-order valence-corrected chi connectivity index (χ0v) is 13.5. The van der Waals surface area contributed by atoms with Crippen LogP contribution in [-0.4, -0.2) is 19.1 Å². The third-order valence-electron chi connectivity index (χ3n) is 3.84. The lowest BCUT2D eigenvalue weighted by molar-refractivity contribution is 0.516. The van der Waals surface area contributed by atoms with Crippen molar-refractivity contribution in [2.45, 2.75) is 51.6 Å². The molecule has 0 spiro atoms. The first-order valence-corrected chi connectivity index (χ1v) is 8.16. The summed E-state index contributed by atoms with van der Waals surface area (Å²) in [4.78, 5) is 49.3. The minimum Gasteiger partial charge on any atom is -0.301 e. The van der Waals surface area contributed by atoms with Gasteiger partial charge in [-0.1, -0.05) is 25.7 Å². The van der Waals surface area contributed by atoms with Crippen LogP contribution in [-0.2, 0) is 13.1 Å². The summed E-state index contributed by atoms with van der Waals surface area (Å²) in [5, 5.41) is 0. The summed E-state index contributed by atoms with van der Waals surface area (Å²) >= 11 is 0. The van der Waals surface area contributed by atoms with Gasteiger partial charge in [-0.3, -0.25) is 19.6 Å². The summed E-state index contributed by atoms with van der Waals surface area (Å²) in [5.41, 5.74) is -1.49. The SMILES string of the molecule is O=c1ccn(CCCCCCCCn2ccc(=O)[nH]c2=O)c(=O)[nH]1. The Morgan fingerprint density at radius 3 is 1.38 bits per heavy atom. The molecule has 8 heteroatoms. The van der Waals surface area contributed by atoms with E-state index >= 15 is 0 Å². The van der Waals surface area contributed by atoms with Crippen molar-refractivity contribution in [2.24, 2.45) is 0 Å². The molecule has 0 amide bonds. The van der Waals surface area contributed by atoms with E-state index in [1.165, 1.54) is 33.7 Å². The van der Waals surface area contributed by atoms with Crippen molar-refractivity contribution < 1.29 is 0 Å². The van der Waals surface area contributed by atoms with Crippen molar-refractivity contribution in [3.8, 4) is 0 Å². The molecule has 0 unspecified atom stereocenters. The Balaban J connectivity index is 1.58. The number of hydrogen-bond acceptors (Lipinski definition) is 4. The molecule has 0 aromatic carbocycles. The van der Waals surface area contributed by atoms with Crippen LogP contribution in [0.1, 0.15) is 38.5 Å². The fourth-order valence-corrected chi connectivity index (χ4v) is 2.51. The molecule has 2 aromatic heterocycles.